The maximum atomic E-state index is 11.2. The molecule has 0 heterocycles. The topological polar surface area (TPSA) is 83.1 Å². The van der Waals surface area contributed by atoms with Crippen molar-refractivity contribution in [1.82, 2.24) is 5.32 Å². The van der Waals surface area contributed by atoms with Gasteiger partial charge in [0.25, 0.3) is 0 Å². The highest BCUT2D eigenvalue weighted by Gasteiger charge is 2.02. The normalized spacial score (nSPS) is 10.9. The molecule has 0 aliphatic rings. The highest BCUT2D eigenvalue weighted by molar-refractivity contribution is 5.79. The third kappa shape index (κ3) is 15.4. The number of nitrogens with one attached hydrogen (secondary N) is 1. The number of amides is 1. The van der Waals surface area contributed by atoms with Crippen LogP contribution in [0.1, 0.15) is 27.2 Å². The van der Waals surface area contributed by atoms with Crippen molar-refractivity contribution in [3.8, 4) is 0 Å². The molecule has 130 valence electrons. The molecule has 7 heteroatoms. The van der Waals surface area contributed by atoms with Crippen molar-refractivity contribution in [2.24, 2.45) is 0 Å². The summed E-state index contributed by atoms with van der Waals surface area (Å²) in [6, 6.07) is 0.119. The molecule has 1 N–H and O–H groups in total. The molecule has 0 aromatic rings. The molecule has 0 aromatic carbocycles. The van der Waals surface area contributed by atoms with E-state index in [-0.39, 0.29) is 30.9 Å². The largest absolute Gasteiger partial charge is 0.377 e. The second-order valence-corrected chi connectivity index (χ2v) is 4.94. The Kier molecular flexibility index (Phi) is 14.2. The molecule has 0 saturated carbocycles. The Morgan fingerprint density at radius 2 is 1.27 bits per heavy atom. The maximum absolute atomic E-state index is 11.2. The lowest BCUT2D eigenvalue weighted by Gasteiger charge is -2.09. The zero-order chi connectivity index (χ0) is 16.6. The summed E-state index contributed by atoms with van der Waals surface area (Å²) >= 11 is 0. The average molecular weight is 319 g/mol. The number of Topliss-reactive ketones (excluding diaryl/α,β-unsaturated/α-hetero) is 1. The van der Waals surface area contributed by atoms with Crippen molar-refractivity contribution in [2.75, 3.05) is 52.9 Å². The fourth-order valence-corrected chi connectivity index (χ4v) is 1.37. The highest BCUT2D eigenvalue weighted by atomic mass is 16.6. The molecule has 0 radical (unpaired) electrons. The van der Waals surface area contributed by atoms with Gasteiger partial charge in [-0.05, 0) is 13.8 Å². The zero-order valence-electron chi connectivity index (χ0n) is 13.9. The molecule has 0 spiro atoms. The molecule has 22 heavy (non-hydrogen) atoms. The summed E-state index contributed by atoms with van der Waals surface area (Å²) < 4.78 is 20.8. The predicted octanol–water partition coefficient (Wildman–Crippen LogP) is 0.557. The lowest BCUT2D eigenvalue weighted by molar-refractivity contribution is -0.127. The molecule has 7 nitrogen and oxygen atoms in total. The minimum absolute atomic E-state index is 0.0475. The van der Waals surface area contributed by atoms with Gasteiger partial charge in [0.2, 0.25) is 5.91 Å². The SMILES string of the molecule is CCC(=O)COCCOCCOCCOCC(=O)NC(C)C. The Morgan fingerprint density at radius 1 is 0.818 bits per heavy atom. The van der Waals surface area contributed by atoms with Gasteiger partial charge in [0.1, 0.15) is 13.2 Å². The van der Waals surface area contributed by atoms with Crippen LogP contribution in [-0.4, -0.2) is 70.6 Å². The summed E-state index contributed by atoms with van der Waals surface area (Å²) in [4.78, 5) is 22.2. The maximum Gasteiger partial charge on any atom is 0.246 e. The van der Waals surface area contributed by atoms with Crippen LogP contribution in [0.4, 0.5) is 0 Å². The Hall–Kier alpha value is -1.02. The van der Waals surface area contributed by atoms with E-state index in [1.807, 2.05) is 13.8 Å². The molecule has 0 atom stereocenters. The van der Waals surface area contributed by atoms with Gasteiger partial charge in [0, 0.05) is 12.5 Å². The Labute approximate surface area is 132 Å². The van der Waals surface area contributed by atoms with Gasteiger partial charge in [-0.15, -0.1) is 0 Å². The molecular formula is C15H29NO6. The summed E-state index contributed by atoms with van der Waals surface area (Å²) in [6.45, 7) is 8.33. The number of ketones is 1. The highest BCUT2D eigenvalue weighted by Crippen LogP contribution is 1.86. The Bertz CT molecular complexity index is 296. The van der Waals surface area contributed by atoms with Crippen LogP contribution < -0.4 is 5.32 Å². The fourth-order valence-electron chi connectivity index (χ4n) is 1.37. The second-order valence-electron chi connectivity index (χ2n) is 4.94. The first-order chi connectivity index (χ1) is 10.6. The summed E-state index contributed by atoms with van der Waals surface area (Å²) in [7, 11) is 0. The standard InChI is InChI=1S/C15H29NO6/c1-4-14(17)11-21-9-7-19-5-6-20-8-10-22-12-15(18)16-13(2)3/h13H,4-12H2,1-3H3,(H,16,18). The van der Waals surface area contributed by atoms with E-state index >= 15 is 0 Å². The minimum atomic E-state index is -0.125. The number of hydrogen-bond donors (Lipinski definition) is 1. The quantitative estimate of drug-likeness (QED) is 0.444. The number of rotatable bonds is 15. The van der Waals surface area contributed by atoms with Gasteiger partial charge in [0.15, 0.2) is 5.78 Å². The second kappa shape index (κ2) is 14.9. The minimum Gasteiger partial charge on any atom is -0.377 e. The Morgan fingerprint density at radius 3 is 1.73 bits per heavy atom. The van der Waals surface area contributed by atoms with Crippen LogP contribution in [0.3, 0.4) is 0 Å². The first kappa shape index (κ1) is 21.0. The lowest BCUT2D eigenvalue weighted by Crippen LogP contribution is -2.33. The van der Waals surface area contributed by atoms with Gasteiger partial charge in [-0.3, -0.25) is 9.59 Å². The molecule has 1 amide bonds. The summed E-state index contributed by atoms with van der Waals surface area (Å²) in [5, 5.41) is 2.73. The van der Waals surface area contributed by atoms with Crippen LogP contribution in [-0.2, 0) is 28.5 Å². The fraction of sp³-hybridized carbons (Fsp3) is 0.867. The monoisotopic (exact) mass is 319 g/mol. The van der Waals surface area contributed by atoms with Gasteiger partial charge in [-0.25, -0.2) is 0 Å². The van der Waals surface area contributed by atoms with E-state index in [2.05, 4.69) is 5.32 Å². The van der Waals surface area contributed by atoms with E-state index in [4.69, 9.17) is 18.9 Å². The molecule has 0 bridgehead atoms. The molecule has 0 aliphatic carbocycles. The molecule has 0 rings (SSSR count). The van der Waals surface area contributed by atoms with Crippen molar-refractivity contribution in [3.05, 3.63) is 0 Å². The van der Waals surface area contributed by atoms with Crippen molar-refractivity contribution in [2.45, 2.75) is 33.2 Å². The van der Waals surface area contributed by atoms with Crippen molar-refractivity contribution < 1.29 is 28.5 Å². The zero-order valence-corrected chi connectivity index (χ0v) is 13.9. The molecule has 0 saturated heterocycles. The van der Waals surface area contributed by atoms with Crippen LogP contribution in [0.25, 0.3) is 0 Å². The molecule has 0 aromatic heterocycles. The molecular weight excluding hydrogens is 290 g/mol. The van der Waals surface area contributed by atoms with Crippen molar-refractivity contribution in [3.63, 3.8) is 0 Å². The van der Waals surface area contributed by atoms with E-state index in [1.54, 1.807) is 6.92 Å². The van der Waals surface area contributed by atoms with E-state index in [0.29, 0.717) is 46.1 Å². The van der Waals surface area contributed by atoms with Gasteiger partial charge < -0.3 is 24.3 Å². The van der Waals surface area contributed by atoms with Crippen LogP contribution in [0.2, 0.25) is 0 Å². The van der Waals surface area contributed by atoms with Crippen LogP contribution in [0.5, 0.6) is 0 Å². The van der Waals surface area contributed by atoms with E-state index in [1.165, 1.54) is 0 Å². The predicted molar refractivity (Wildman–Crippen MR) is 81.9 cm³/mol. The first-order valence-corrected chi connectivity index (χ1v) is 7.68. The summed E-state index contributed by atoms with van der Waals surface area (Å²) in [5.74, 6) is -0.0368. The van der Waals surface area contributed by atoms with E-state index in [0.717, 1.165) is 0 Å². The lowest BCUT2D eigenvalue weighted by atomic mass is 10.3. The van der Waals surface area contributed by atoms with Crippen LogP contribution in [0, 0.1) is 0 Å². The van der Waals surface area contributed by atoms with Crippen LogP contribution in [0.15, 0.2) is 0 Å². The van der Waals surface area contributed by atoms with Gasteiger partial charge in [-0.2, -0.15) is 0 Å². The van der Waals surface area contributed by atoms with E-state index in [9.17, 15) is 9.59 Å². The number of hydrogen-bond acceptors (Lipinski definition) is 6. The first-order valence-electron chi connectivity index (χ1n) is 7.68. The molecule has 0 aliphatic heterocycles. The third-order valence-electron chi connectivity index (χ3n) is 2.46. The molecule has 0 fully saturated rings. The molecule has 0 unspecified atom stereocenters. The van der Waals surface area contributed by atoms with Crippen molar-refractivity contribution >= 4 is 11.7 Å². The smallest absolute Gasteiger partial charge is 0.246 e. The number of ether oxygens (including phenoxy) is 4. The van der Waals surface area contributed by atoms with Crippen molar-refractivity contribution in [1.29, 1.82) is 0 Å². The van der Waals surface area contributed by atoms with Gasteiger partial charge in [-0.1, -0.05) is 6.92 Å². The summed E-state index contributed by atoms with van der Waals surface area (Å²) in [5.41, 5.74) is 0. The van der Waals surface area contributed by atoms with Gasteiger partial charge >= 0.3 is 0 Å². The van der Waals surface area contributed by atoms with E-state index < -0.39 is 0 Å². The van der Waals surface area contributed by atoms with Crippen LogP contribution >= 0.6 is 0 Å². The number of carbonyl (C=O) groups excluding carboxylic acids is 2. The third-order valence-corrected chi connectivity index (χ3v) is 2.46. The summed E-state index contributed by atoms with van der Waals surface area (Å²) in [6.07, 6.45) is 0.496. The number of carbonyl (C=O) groups is 2. The van der Waals surface area contributed by atoms with Gasteiger partial charge in [0.05, 0.1) is 39.6 Å². The Balaban J connectivity index is 3.14. The average Bonchev–Trinajstić information content (AvgIpc) is 2.47.